The zero-order chi connectivity index (χ0) is 16.0. The van der Waals surface area contributed by atoms with Gasteiger partial charge in [-0.25, -0.2) is 4.39 Å². The Labute approximate surface area is 133 Å². The molecule has 0 spiro atoms. The monoisotopic (exact) mass is 314 g/mol. The molecule has 2 nitrogen and oxygen atoms in total. The summed E-state index contributed by atoms with van der Waals surface area (Å²) in [6.45, 7) is 13.4. The number of likely N-dealkylation sites (N-methyl/N-ethyl adjacent to an activating group) is 2. The summed E-state index contributed by atoms with van der Waals surface area (Å²) in [5.74, 6) is -0.236. The zero-order valence-electron chi connectivity index (χ0n) is 13.8. The number of rotatable bonds is 8. The average Bonchev–Trinajstić information content (AvgIpc) is 2.46. The Morgan fingerprint density at radius 3 is 2.29 bits per heavy atom. The van der Waals surface area contributed by atoms with Crippen LogP contribution in [-0.4, -0.2) is 30.1 Å². The van der Waals surface area contributed by atoms with Crippen molar-refractivity contribution in [1.29, 1.82) is 0 Å². The highest BCUT2D eigenvalue weighted by Gasteiger charge is 2.38. The van der Waals surface area contributed by atoms with E-state index in [0.29, 0.717) is 10.6 Å². The quantitative estimate of drug-likeness (QED) is 0.752. The van der Waals surface area contributed by atoms with Crippen molar-refractivity contribution >= 4 is 11.6 Å². The highest BCUT2D eigenvalue weighted by atomic mass is 35.5. The number of benzene rings is 1. The molecule has 0 fully saturated rings. The Morgan fingerprint density at radius 1 is 1.24 bits per heavy atom. The third-order valence-electron chi connectivity index (χ3n) is 4.51. The van der Waals surface area contributed by atoms with E-state index in [1.54, 1.807) is 6.07 Å². The van der Waals surface area contributed by atoms with Gasteiger partial charge in [0.2, 0.25) is 0 Å². The van der Waals surface area contributed by atoms with Crippen LogP contribution in [0.3, 0.4) is 0 Å². The van der Waals surface area contributed by atoms with Crippen molar-refractivity contribution in [3.05, 3.63) is 34.6 Å². The number of halogens is 2. The van der Waals surface area contributed by atoms with Gasteiger partial charge in [-0.3, -0.25) is 4.90 Å². The standard InChI is InChI=1S/C17H28ClFN2/c1-6-17(5,21(8-3)9-4)16(20-7-2)14-11-10-13(18)12-15(14)19/h10-12,16,20H,6-9H2,1-5H3. The lowest BCUT2D eigenvalue weighted by atomic mass is 9.82. The molecule has 0 aliphatic carbocycles. The topological polar surface area (TPSA) is 15.3 Å². The minimum atomic E-state index is -0.236. The summed E-state index contributed by atoms with van der Waals surface area (Å²) in [6, 6.07) is 4.91. The molecule has 0 amide bonds. The van der Waals surface area contributed by atoms with Gasteiger partial charge < -0.3 is 5.32 Å². The summed E-state index contributed by atoms with van der Waals surface area (Å²) >= 11 is 5.89. The number of nitrogens with one attached hydrogen (secondary N) is 1. The number of nitrogens with zero attached hydrogens (tertiary/aromatic N) is 1. The molecule has 1 aromatic carbocycles. The first kappa shape index (κ1) is 18.4. The third-order valence-corrected chi connectivity index (χ3v) is 4.74. The largest absolute Gasteiger partial charge is 0.309 e. The zero-order valence-corrected chi connectivity index (χ0v) is 14.6. The smallest absolute Gasteiger partial charge is 0.129 e. The molecule has 21 heavy (non-hydrogen) atoms. The lowest BCUT2D eigenvalue weighted by Gasteiger charge is -2.46. The molecule has 1 rings (SSSR count). The highest BCUT2D eigenvalue weighted by Crippen LogP contribution is 2.36. The second-order valence-electron chi connectivity index (χ2n) is 5.54. The van der Waals surface area contributed by atoms with Gasteiger partial charge in [-0.1, -0.05) is 45.4 Å². The van der Waals surface area contributed by atoms with Crippen molar-refractivity contribution in [2.24, 2.45) is 0 Å². The highest BCUT2D eigenvalue weighted by molar-refractivity contribution is 6.30. The van der Waals surface area contributed by atoms with Crippen molar-refractivity contribution in [1.82, 2.24) is 10.2 Å². The molecule has 1 N–H and O–H groups in total. The van der Waals surface area contributed by atoms with Crippen molar-refractivity contribution in [2.75, 3.05) is 19.6 Å². The van der Waals surface area contributed by atoms with Gasteiger partial charge in [-0.15, -0.1) is 0 Å². The lowest BCUT2D eigenvalue weighted by molar-refractivity contribution is 0.0690. The van der Waals surface area contributed by atoms with E-state index in [0.717, 1.165) is 26.1 Å². The molecular formula is C17H28ClFN2. The molecule has 0 saturated carbocycles. The van der Waals surface area contributed by atoms with E-state index in [4.69, 9.17) is 11.6 Å². The van der Waals surface area contributed by atoms with Crippen molar-refractivity contribution < 1.29 is 4.39 Å². The number of hydrogen-bond donors (Lipinski definition) is 1. The van der Waals surface area contributed by atoms with Crippen LogP contribution in [0, 0.1) is 5.82 Å². The van der Waals surface area contributed by atoms with Crippen molar-refractivity contribution in [2.45, 2.75) is 52.6 Å². The van der Waals surface area contributed by atoms with Crippen LogP contribution in [-0.2, 0) is 0 Å². The van der Waals surface area contributed by atoms with Gasteiger partial charge in [0.05, 0.1) is 6.04 Å². The van der Waals surface area contributed by atoms with E-state index < -0.39 is 0 Å². The normalized spacial score (nSPS) is 16.0. The predicted molar refractivity (Wildman–Crippen MR) is 89.4 cm³/mol. The maximum absolute atomic E-state index is 14.4. The maximum Gasteiger partial charge on any atom is 0.129 e. The van der Waals surface area contributed by atoms with Gasteiger partial charge in [-0.2, -0.15) is 0 Å². The maximum atomic E-state index is 14.4. The molecule has 0 heterocycles. The van der Waals surface area contributed by atoms with Gasteiger partial charge in [0.25, 0.3) is 0 Å². The van der Waals surface area contributed by atoms with Gasteiger partial charge >= 0.3 is 0 Å². The van der Waals surface area contributed by atoms with Crippen LogP contribution in [0.4, 0.5) is 4.39 Å². The van der Waals surface area contributed by atoms with E-state index >= 15 is 0 Å². The van der Waals surface area contributed by atoms with Gasteiger partial charge in [0.15, 0.2) is 0 Å². The van der Waals surface area contributed by atoms with Crippen molar-refractivity contribution in [3.8, 4) is 0 Å². The summed E-state index contributed by atoms with van der Waals surface area (Å²) in [6.07, 6.45) is 0.939. The van der Waals surface area contributed by atoms with Crippen molar-refractivity contribution in [3.63, 3.8) is 0 Å². The summed E-state index contributed by atoms with van der Waals surface area (Å²) in [5, 5.41) is 3.91. The Bertz CT molecular complexity index is 448. The average molecular weight is 315 g/mol. The Kier molecular flexibility index (Phi) is 7.11. The first-order valence-corrected chi connectivity index (χ1v) is 8.25. The molecule has 2 atom stereocenters. The Morgan fingerprint density at radius 2 is 1.86 bits per heavy atom. The Balaban J connectivity index is 3.31. The van der Waals surface area contributed by atoms with Gasteiger partial charge in [0, 0.05) is 16.1 Å². The molecule has 0 radical (unpaired) electrons. The molecule has 0 aliphatic heterocycles. The molecule has 0 bridgehead atoms. The number of hydrogen-bond acceptors (Lipinski definition) is 2. The van der Waals surface area contributed by atoms with E-state index in [1.807, 2.05) is 6.07 Å². The fraction of sp³-hybridized carbons (Fsp3) is 0.647. The second kappa shape index (κ2) is 8.11. The van der Waals surface area contributed by atoms with Crippen LogP contribution in [0.15, 0.2) is 18.2 Å². The first-order valence-electron chi connectivity index (χ1n) is 7.87. The van der Waals surface area contributed by atoms with E-state index in [2.05, 4.69) is 44.8 Å². The SMILES string of the molecule is CCNC(c1ccc(Cl)cc1F)C(C)(CC)N(CC)CC. The predicted octanol–water partition coefficient (Wildman–Crippen LogP) is 4.64. The third kappa shape index (κ3) is 3.97. The molecule has 0 aromatic heterocycles. The molecule has 0 saturated heterocycles. The molecule has 1 aromatic rings. The van der Waals surface area contributed by atoms with E-state index in [-0.39, 0.29) is 17.4 Å². The molecule has 0 aliphatic rings. The van der Waals surface area contributed by atoms with E-state index in [9.17, 15) is 4.39 Å². The van der Waals surface area contributed by atoms with Crippen LogP contribution in [0.25, 0.3) is 0 Å². The van der Waals surface area contributed by atoms with Crippen LogP contribution >= 0.6 is 11.6 Å². The minimum Gasteiger partial charge on any atom is -0.309 e. The summed E-state index contributed by atoms with van der Waals surface area (Å²) in [7, 11) is 0. The first-order chi connectivity index (χ1) is 9.94. The lowest BCUT2D eigenvalue weighted by Crippen LogP contribution is -2.54. The van der Waals surface area contributed by atoms with Crippen LogP contribution in [0.1, 0.15) is 52.6 Å². The minimum absolute atomic E-state index is 0.0651. The van der Waals surface area contributed by atoms with Crippen LogP contribution in [0.5, 0.6) is 0 Å². The summed E-state index contributed by atoms with van der Waals surface area (Å²) < 4.78 is 14.4. The fourth-order valence-corrected chi connectivity index (χ4v) is 3.32. The molecule has 2 unspecified atom stereocenters. The molecular weight excluding hydrogens is 287 g/mol. The Hall–Kier alpha value is -0.640. The summed E-state index contributed by atoms with van der Waals surface area (Å²) in [4.78, 5) is 2.40. The summed E-state index contributed by atoms with van der Waals surface area (Å²) in [5.41, 5.74) is 0.547. The van der Waals surface area contributed by atoms with E-state index in [1.165, 1.54) is 6.07 Å². The molecule has 4 heteroatoms. The molecule has 120 valence electrons. The van der Waals surface area contributed by atoms with Gasteiger partial charge in [0.1, 0.15) is 5.82 Å². The van der Waals surface area contributed by atoms with Crippen LogP contribution < -0.4 is 5.32 Å². The van der Waals surface area contributed by atoms with Gasteiger partial charge in [-0.05, 0) is 45.1 Å². The second-order valence-corrected chi connectivity index (χ2v) is 5.98. The van der Waals surface area contributed by atoms with Crippen LogP contribution in [0.2, 0.25) is 5.02 Å². The fourth-order valence-electron chi connectivity index (χ4n) is 3.16.